The first kappa shape index (κ1) is 17.4. The molecule has 0 aromatic heterocycles. The molecule has 1 aliphatic rings. The minimum absolute atomic E-state index is 0.00217. The number of hydrogen-bond donors (Lipinski definition) is 3. The van der Waals surface area contributed by atoms with E-state index in [1.54, 1.807) is 0 Å². The zero-order valence-corrected chi connectivity index (χ0v) is 12.7. The van der Waals surface area contributed by atoms with Crippen LogP contribution in [0.2, 0.25) is 0 Å². The normalized spacial score (nSPS) is 14.1. The third kappa shape index (κ3) is 3.35. The third-order valence-corrected chi connectivity index (χ3v) is 3.43. The molecule has 0 atom stereocenters. The molecule has 8 nitrogen and oxygen atoms in total. The van der Waals surface area contributed by atoms with E-state index in [9.17, 15) is 18.8 Å². The van der Waals surface area contributed by atoms with Crippen LogP contribution in [-0.2, 0) is 14.3 Å². The number of anilines is 1. The van der Waals surface area contributed by atoms with E-state index >= 15 is 0 Å². The van der Waals surface area contributed by atoms with Gasteiger partial charge in [-0.25, -0.2) is 14.0 Å². The van der Waals surface area contributed by atoms with Crippen LogP contribution in [0.4, 0.5) is 10.1 Å². The molecule has 1 aliphatic heterocycles. The summed E-state index contributed by atoms with van der Waals surface area (Å²) in [5.41, 5.74) is -0.578. The quantitative estimate of drug-likeness (QED) is 0.634. The average molecular weight is 338 g/mol. The average Bonchev–Trinajstić information content (AvgIpc) is 2.85. The maximum absolute atomic E-state index is 14.0. The van der Waals surface area contributed by atoms with Gasteiger partial charge in [0, 0.05) is 6.54 Å². The Morgan fingerprint density at radius 1 is 1.42 bits per heavy atom. The largest absolute Gasteiger partial charge is 0.478 e. The molecule has 0 saturated heterocycles. The van der Waals surface area contributed by atoms with Crippen LogP contribution in [0.1, 0.15) is 10.4 Å². The zero-order chi connectivity index (χ0) is 17.9. The van der Waals surface area contributed by atoms with Crippen LogP contribution in [0.25, 0.3) is 0 Å². The second kappa shape index (κ2) is 7.09. The lowest BCUT2D eigenvalue weighted by Crippen LogP contribution is -2.31. The monoisotopic (exact) mass is 338 g/mol. The molecule has 1 aromatic rings. The first-order valence-electron chi connectivity index (χ1n) is 6.90. The summed E-state index contributed by atoms with van der Waals surface area (Å²) in [5, 5.41) is 20.3. The lowest BCUT2D eigenvalue weighted by molar-refractivity contribution is -0.136. The highest BCUT2D eigenvalue weighted by atomic mass is 19.1. The number of esters is 1. The van der Waals surface area contributed by atoms with E-state index in [0.717, 1.165) is 25.3 Å². The molecular formula is C15H15FN2O6. The van der Waals surface area contributed by atoms with Crippen LogP contribution >= 0.6 is 0 Å². The van der Waals surface area contributed by atoms with E-state index < -0.39 is 23.7 Å². The second-order valence-electron chi connectivity index (χ2n) is 4.92. The number of methoxy groups -OCH3 is 1. The smallest absolute Gasteiger partial charge is 0.337 e. The standard InChI is InChI=1S/C15H15FN2O6/c1-24-15(23)9-7-18(4-5-19)13(20)12(9)17-11-3-2-8(14(21)22)6-10(11)16/h2-3,6,17,19H,4-5,7H2,1H3,(H,21,22). The first-order valence-corrected chi connectivity index (χ1v) is 6.90. The van der Waals surface area contributed by atoms with Gasteiger partial charge in [0.15, 0.2) is 0 Å². The highest BCUT2D eigenvalue weighted by Crippen LogP contribution is 2.24. The van der Waals surface area contributed by atoms with Gasteiger partial charge in [0.2, 0.25) is 0 Å². The summed E-state index contributed by atoms with van der Waals surface area (Å²) < 4.78 is 18.6. The molecule has 1 heterocycles. The van der Waals surface area contributed by atoms with Crippen molar-refractivity contribution in [2.45, 2.75) is 0 Å². The molecule has 0 unspecified atom stereocenters. The third-order valence-electron chi connectivity index (χ3n) is 3.43. The number of nitrogens with zero attached hydrogens (tertiary/aromatic N) is 1. The molecule has 1 aromatic carbocycles. The SMILES string of the molecule is COC(=O)C1=C(Nc2ccc(C(=O)O)cc2F)C(=O)N(CCO)C1. The van der Waals surface area contributed by atoms with E-state index in [2.05, 4.69) is 10.1 Å². The summed E-state index contributed by atoms with van der Waals surface area (Å²) in [7, 11) is 1.15. The Morgan fingerprint density at radius 2 is 2.12 bits per heavy atom. The molecule has 0 aliphatic carbocycles. The van der Waals surface area contributed by atoms with E-state index in [1.807, 2.05) is 0 Å². The van der Waals surface area contributed by atoms with E-state index in [0.29, 0.717) is 0 Å². The number of carbonyl (C=O) groups excluding carboxylic acids is 2. The molecule has 0 bridgehead atoms. The number of hydrogen-bond acceptors (Lipinski definition) is 6. The molecule has 0 spiro atoms. The summed E-state index contributed by atoms with van der Waals surface area (Å²) in [4.78, 5) is 36.1. The van der Waals surface area contributed by atoms with Gasteiger partial charge in [0.1, 0.15) is 11.5 Å². The number of amides is 1. The number of benzene rings is 1. The van der Waals surface area contributed by atoms with Gasteiger partial charge >= 0.3 is 11.9 Å². The second-order valence-corrected chi connectivity index (χ2v) is 4.92. The summed E-state index contributed by atoms with van der Waals surface area (Å²) >= 11 is 0. The van der Waals surface area contributed by atoms with Crippen molar-refractivity contribution in [2.24, 2.45) is 0 Å². The lowest BCUT2D eigenvalue weighted by atomic mass is 10.1. The van der Waals surface area contributed by atoms with Gasteiger partial charge in [-0.05, 0) is 18.2 Å². The number of halogens is 1. The molecule has 3 N–H and O–H groups in total. The Balaban J connectivity index is 2.35. The number of aromatic carboxylic acids is 1. The van der Waals surface area contributed by atoms with Crippen molar-refractivity contribution in [3.63, 3.8) is 0 Å². The maximum atomic E-state index is 14.0. The summed E-state index contributed by atoms with van der Waals surface area (Å²) in [6.45, 7) is -0.372. The number of carboxylic acid groups (broad SMARTS) is 1. The number of nitrogens with one attached hydrogen (secondary N) is 1. The highest BCUT2D eigenvalue weighted by molar-refractivity contribution is 6.08. The van der Waals surface area contributed by atoms with Gasteiger partial charge in [-0.2, -0.15) is 0 Å². The van der Waals surface area contributed by atoms with Crippen molar-refractivity contribution in [2.75, 3.05) is 32.1 Å². The number of carbonyl (C=O) groups is 3. The molecule has 1 amide bonds. The van der Waals surface area contributed by atoms with Gasteiger partial charge in [-0.3, -0.25) is 4.79 Å². The Morgan fingerprint density at radius 3 is 2.67 bits per heavy atom. The predicted molar refractivity (Wildman–Crippen MR) is 79.7 cm³/mol. The van der Waals surface area contributed by atoms with Crippen molar-refractivity contribution in [3.8, 4) is 0 Å². The van der Waals surface area contributed by atoms with Crippen molar-refractivity contribution in [1.82, 2.24) is 4.90 Å². The predicted octanol–water partition coefficient (Wildman–Crippen LogP) is 0.197. The maximum Gasteiger partial charge on any atom is 0.337 e. The Hall–Kier alpha value is -2.94. The Labute approximate surface area is 136 Å². The van der Waals surface area contributed by atoms with Crippen LogP contribution in [0, 0.1) is 5.82 Å². The minimum atomic E-state index is -1.29. The van der Waals surface area contributed by atoms with Crippen LogP contribution in [-0.4, -0.2) is 59.8 Å². The topological polar surface area (TPSA) is 116 Å². The van der Waals surface area contributed by atoms with Crippen molar-refractivity contribution in [1.29, 1.82) is 0 Å². The molecule has 0 radical (unpaired) electrons. The fourth-order valence-electron chi connectivity index (χ4n) is 2.23. The van der Waals surface area contributed by atoms with Crippen LogP contribution in [0.5, 0.6) is 0 Å². The van der Waals surface area contributed by atoms with Gasteiger partial charge < -0.3 is 25.2 Å². The molecule has 0 saturated carbocycles. The minimum Gasteiger partial charge on any atom is -0.478 e. The fourth-order valence-corrected chi connectivity index (χ4v) is 2.23. The van der Waals surface area contributed by atoms with Gasteiger partial charge in [0.25, 0.3) is 5.91 Å². The number of rotatable bonds is 6. The molecule has 2 rings (SSSR count). The Kier molecular flexibility index (Phi) is 5.14. The van der Waals surface area contributed by atoms with Crippen molar-refractivity contribution in [3.05, 3.63) is 40.8 Å². The van der Waals surface area contributed by atoms with Gasteiger partial charge in [-0.1, -0.05) is 0 Å². The summed E-state index contributed by atoms with van der Waals surface area (Å²) in [6, 6.07) is 3.12. The Bertz CT molecular complexity index is 731. The van der Waals surface area contributed by atoms with E-state index in [-0.39, 0.29) is 42.2 Å². The molecule has 9 heteroatoms. The summed E-state index contributed by atoms with van der Waals surface area (Å²) in [6.07, 6.45) is 0. The molecule has 0 fully saturated rings. The number of aliphatic hydroxyl groups excluding tert-OH is 1. The van der Waals surface area contributed by atoms with Crippen molar-refractivity contribution >= 4 is 23.5 Å². The van der Waals surface area contributed by atoms with E-state index in [4.69, 9.17) is 10.2 Å². The molecule has 128 valence electrons. The molecule has 24 heavy (non-hydrogen) atoms. The van der Waals surface area contributed by atoms with Crippen LogP contribution in [0.3, 0.4) is 0 Å². The number of aliphatic hydroxyl groups is 1. The van der Waals surface area contributed by atoms with Crippen molar-refractivity contribution < 1.29 is 33.7 Å². The molecular weight excluding hydrogens is 323 g/mol. The zero-order valence-electron chi connectivity index (χ0n) is 12.7. The van der Waals surface area contributed by atoms with Crippen LogP contribution < -0.4 is 5.32 Å². The fraction of sp³-hybridized carbons (Fsp3) is 0.267. The van der Waals surface area contributed by atoms with Crippen LogP contribution in [0.15, 0.2) is 29.5 Å². The lowest BCUT2D eigenvalue weighted by Gasteiger charge is -2.15. The summed E-state index contributed by atoms with van der Waals surface area (Å²) in [5.74, 6) is -3.53. The number of β-amino-alcohol motifs (C(OH)–C–C–N with tert-alkyl or cyclic N) is 1. The number of ether oxygens (including phenoxy) is 1. The first-order chi connectivity index (χ1) is 11.4. The van der Waals surface area contributed by atoms with E-state index in [1.165, 1.54) is 4.90 Å². The van der Waals surface area contributed by atoms with Gasteiger partial charge in [0.05, 0.1) is 37.1 Å². The van der Waals surface area contributed by atoms with Gasteiger partial charge in [-0.15, -0.1) is 0 Å². The number of carboxylic acids is 1. The highest BCUT2D eigenvalue weighted by Gasteiger charge is 2.34.